The maximum Gasteiger partial charge on any atom is 0.179 e. The van der Waals surface area contributed by atoms with Crippen molar-refractivity contribution in [2.75, 3.05) is 13.7 Å². The molecule has 0 amide bonds. The largest absolute Gasteiger partial charge is 0.380 e. The Morgan fingerprint density at radius 3 is 3.18 bits per heavy atom. The highest BCUT2D eigenvalue weighted by molar-refractivity contribution is 5.34. The molecular formula is C15H18N6O. The van der Waals surface area contributed by atoms with E-state index in [1.807, 2.05) is 23.0 Å². The Balaban J connectivity index is 1.67. The lowest BCUT2D eigenvalue weighted by Crippen LogP contribution is -2.25. The number of hydrogen-bond acceptors (Lipinski definition) is 5. The molecule has 3 aromatic heterocycles. The fraction of sp³-hybridized carbons (Fsp3) is 0.400. The number of methoxy groups -OCH3 is 1. The zero-order valence-corrected chi connectivity index (χ0v) is 12.4. The average Bonchev–Trinajstić information content (AvgIpc) is 3.26. The van der Waals surface area contributed by atoms with Crippen LogP contribution in [0.15, 0.2) is 37.1 Å². The summed E-state index contributed by atoms with van der Waals surface area (Å²) < 4.78 is 7.60. The van der Waals surface area contributed by atoms with E-state index in [0.29, 0.717) is 0 Å². The summed E-state index contributed by atoms with van der Waals surface area (Å²) in [5, 5.41) is 8.62. The van der Waals surface area contributed by atoms with E-state index >= 15 is 0 Å². The molecule has 4 heterocycles. The number of ether oxygens (including phenoxy) is 1. The van der Waals surface area contributed by atoms with E-state index in [1.165, 1.54) is 5.56 Å². The van der Waals surface area contributed by atoms with Gasteiger partial charge < -0.3 is 9.72 Å². The second-order valence-corrected chi connectivity index (χ2v) is 5.62. The Hall–Kier alpha value is -2.25. The number of fused-ring (bicyclic) bond motifs is 1. The smallest absolute Gasteiger partial charge is 0.179 e. The predicted molar refractivity (Wildman–Crippen MR) is 80.1 cm³/mol. The molecule has 3 aromatic rings. The highest BCUT2D eigenvalue weighted by Crippen LogP contribution is 2.33. The van der Waals surface area contributed by atoms with Gasteiger partial charge in [0.25, 0.3) is 0 Å². The van der Waals surface area contributed by atoms with Gasteiger partial charge in [-0.15, -0.1) is 10.2 Å². The third kappa shape index (κ3) is 2.28. The summed E-state index contributed by atoms with van der Waals surface area (Å²) in [4.78, 5) is 9.60. The molecule has 1 N–H and O–H groups in total. The number of likely N-dealkylation sites (tertiary alicyclic amines) is 1. The summed E-state index contributed by atoms with van der Waals surface area (Å²) in [7, 11) is 1.77. The highest BCUT2D eigenvalue weighted by atomic mass is 16.5. The van der Waals surface area contributed by atoms with Gasteiger partial charge in [-0.2, -0.15) is 0 Å². The number of hydrogen-bond donors (Lipinski definition) is 1. The third-order valence-electron chi connectivity index (χ3n) is 4.28. The van der Waals surface area contributed by atoms with Crippen LogP contribution < -0.4 is 0 Å². The normalized spacial score (nSPS) is 22.6. The molecule has 2 atom stereocenters. The van der Waals surface area contributed by atoms with Gasteiger partial charge in [0.1, 0.15) is 0 Å². The Morgan fingerprint density at radius 1 is 1.41 bits per heavy atom. The minimum atomic E-state index is 0.192. The summed E-state index contributed by atoms with van der Waals surface area (Å²) in [5.74, 6) is 0.951. The lowest BCUT2D eigenvalue weighted by Gasteiger charge is -2.22. The highest BCUT2D eigenvalue weighted by Gasteiger charge is 2.36. The van der Waals surface area contributed by atoms with Crippen molar-refractivity contribution in [3.63, 3.8) is 0 Å². The van der Waals surface area contributed by atoms with Crippen LogP contribution in [0.4, 0.5) is 0 Å². The number of rotatable bonds is 4. The molecule has 0 bridgehead atoms. The zero-order chi connectivity index (χ0) is 14.9. The zero-order valence-electron chi connectivity index (χ0n) is 12.4. The summed E-state index contributed by atoms with van der Waals surface area (Å²) in [6.45, 7) is 1.76. The van der Waals surface area contributed by atoms with Crippen LogP contribution in [0, 0.1) is 0 Å². The van der Waals surface area contributed by atoms with Crippen molar-refractivity contribution in [2.45, 2.75) is 25.1 Å². The van der Waals surface area contributed by atoms with Gasteiger partial charge in [-0.1, -0.05) is 0 Å². The topological polar surface area (TPSA) is 71.3 Å². The fourth-order valence-electron chi connectivity index (χ4n) is 3.17. The van der Waals surface area contributed by atoms with E-state index in [9.17, 15) is 0 Å². The van der Waals surface area contributed by atoms with Gasteiger partial charge in [-0.25, -0.2) is 0 Å². The maximum absolute atomic E-state index is 5.58. The molecule has 22 heavy (non-hydrogen) atoms. The van der Waals surface area contributed by atoms with E-state index in [1.54, 1.807) is 19.5 Å². The van der Waals surface area contributed by atoms with E-state index in [2.05, 4.69) is 31.1 Å². The van der Waals surface area contributed by atoms with E-state index in [0.717, 1.165) is 31.0 Å². The molecule has 0 aliphatic carbocycles. The van der Waals surface area contributed by atoms with Crippen molar-refractivity contribution in [1.82, 2.24) is 29.5 Å². The summed E-state index contributed by atoms with van der Waals surface area (Å²) >= 11 is 0. The fourth-order valence-corrected chi connectivity index (χ4v) is 3.17. The second kappa shape index (κ2) is 5.51. The standard InChI is InChI=1S/C15H18N6O/c1-22-12-6-13(20(10-12)9-11-2-3-16-7-11)15-19-18-14-8-17-4-5-21(14)15/h2-5,7-8,12-13,16H,6,9-10H2,1H3/t12-,13+/m1/s1. The Morgan fingerprint density at radius 2 is 2.36 bits per heavy atom. The van der Waals surface area contributed by atoms with Crippen LogP contribution >= 0.6 is 0 Å². The first kappa shape index (κ1) is 13.4. The first-order valence-corrected chi connectivity index (χ1v) is 7.38. The maximum atomic E-state index is 5.58. The Labute approximate surface area is 128 Å². The molecule has 1 aliphatic rings. The Kier molecular flexibility index (Phi) is 3.36. The molecule has 1 saturated heterocycles. The molecule has 0 spiro atoms. The summed E-state index contributed by atoms with van der Waals surface area (Å²) in [5.41, 5.74) is 2.04. The third-order valence-corrected chi connectivity index (χ3v) is 4.28. The van der Waals surface area contributed by atoms with Gasteiger partial charge in [0.05, 0.1) is 18.3 Å². The monoisotopic (exact) mass is 298 g/mol. The van der Waals surface area contributed by atoms with Crippen molar-refractivity contribution in [3.8, 4) is 0 Å². The van der Waals surface area contributed by atoms with Crippen LogP contribution in [-0.2, 0) is 11.3 Å². The number of aromatic nitrogens is 5. The Bertz CT molecular complexity index is 752. The van der Waals surface area contributed by atoms with Crippen LogP contribution in [0.3, 0.4) is 0 Å². The van der Waals surface area contributed by atoms with Gasteiger partial charge in [0.2, 0.25) is 0 Å². The summed E-state index contributed by atoms with van der Waals surface area (Å²) in [6, 6.07) is 2.29. The molecule has 1 aliphatic heterocycles. The molecule has 0 radical (unpaired) electrons. The summed E-state index contributed by atoms with van der Waals surface area (Å²) in [6.07, 6.45) is 10.5. The first-order valence-electron chi connectivity index (χ1n) is 7.38. The molecule has 0 unspecified atom stereocenters. The van der Waals surface area contributed by atoms with Gasteiger partial charge in [-0.3, -0.25) is 14.3 Å². The van der Waals surface area contributed by atoms with E-state index < -0.39 is 0 Å². The molecule has 7 heteroatoms. The molecule has 0 aromatic carbocycles. The van der Waals surface area contributed by atoms with Gasteiger partial charge in [0.15, 0.2) is 11.5 Å². The van der Waals surface area contributed by atoms with Crippen LogP contribution in [0.2, 0.25) is 0 Å². The molecular weight excluding hydrogens is 280 g/mol. The minimum absolute atomic E-state index is 0.192. The predicted octanol–water partition coefficient (Wildman–Crippen LogP) is 1.41. The molecule has 1 fully saturated rings. The van der Waals surface area contributed by atoms with E-state index in [4.69, 9.17) is 4.74 Å². The van der Waals surface area contributed by atoms with Gasteiger partial charge in [0, 0.05) is 45.0 Å². The van der Waals surface area contributed by atoms with E-state index in [-0.39, 0.29) is 12.1 Å². The molecule has 7 nitrogen and oxygen atoms in total. The quantitative estimate of drug-likeness (QED) is 0.788. The second-order valence-electron chi connectivity index (χ2n) is 5.62. The van der Waals surface area contributed by atoms with Crippen molar-refractivity contribution >= 4 is 5.65 Å². The molecule has 0 saturated carbocycles. The number of H-pyrrole nitrogens is 1. The first-order chi connectivity index (χ1) is 10.8. The van der Waals surface area contributed by atoms with Crippen molar-refractivity contribution in [2.24, 2.45) is 0 Å². The average molecular weight is 298 g/mol. The van der Waals surface area contributed by atoms with Crippen LogP contribution in [0.1, 0.15) is 23.9 Å². The number of nitrogens with zero attached hydrogens (tertiary/aromatic N) is 5. The van der Waals surface area contributed by atoms with Crippen molar-refractivity contribution in [3.05, 3.63) is 48.4 Å². The van der Waals surface area contributed by atoms with Crippen LogP contribution in [0.5, 0.6) is 0 Å². The van der Waals surface area contributed by atoms with Gasteiger partial charge >= 0.3 is 0 Å². The SMILES string of the molecule is CO[C@@H]1C[C@@H](c2nnc3cnccn23)N(Cc2cc[nH]c2)C1. The number of aromatic amines is 1. The number of nitrogens with one attached hydrogen (secondary N) is 1. The minimum Gasteiger partial charge on any atom is -0.380 e. The van der Waals surface area contributed by atoms with Gasteiger partial charge in [-0.05, 0) is 18.1 Å². The molecule has 4 rings (SSSR count). The van der Waals surface area contributed by atoms with Crippen molar-refractivity contribution in [1.29, 1.82) is 0 Å². The van der Waals surface area contributed by atoms with Crippen molar-refractivity contribution < 1.29 is 4.74 Å². The van der Waals surface area contributed by atoms with Crippen LogP contribution in [-0.4, -0.2) is 49.2 Å². The lowest BCUT2D eigenvalue weighted by atomic mass is 10.2. The lowest BCUT2D eigenvalue weighted by molar-refractivity contribution is 0.107. The molecule has 114 valence electrons. The van der Waals surface area contributed by atoms with Crippen LogP contribution in [0.25, 0.3) is 5.65 Å².